The van der Waals surface area contributed by atoms with Crippen LogP contribution in [0.15, 0.2) is 30.3 Å². The molecule has 5 heteroatoms. The van der Waals surface area contributed by atoms with E-state index in [1.54, 1.807) is 11.9 Å². The molecular formula is C17H24N4O. The molecule has 0 fully saturated rings. The van der Waals surface area contributed by atoms with E-state index < -0.39 is 0 Å². The zero-order chi connectivity index (χ0) is 16.1. The Hall–Kier alpha value is -2.30. The molecule has 0 saturated carbocycles. The summed E-state index contributed by atoms with van der Waals surface area (Å²) in [6.45, 7) is 2.67. The lowest BCUT2D eigenvalue weighted by Crippen LogP contribution is -2.26. The first kappa shape index (κ1) is 16.1. The van der Waals surface area contributed by atoms with Crippen molar-refractivity contribution in [1.82, 2.24) is 15.1 Å². The van der Waals surface area contributed by atoms with Crippen molar-refractivity contribution < 1.29 is 4.79 Å². The third kappa shape index (κ3) is 3.87. The summed E-state index contributed by atoms with van der Waals surface area (Å²) >= 11 is 0. The number of aryl methyl sites for hydroxylation is 1. The minimum atomic E-state index is -0.0599. The van der Waals surface area contributed by atoms with Gasteiger partial charge >= 0.3 is 0 Å². The fourth-order valence-electron chi connectivity index (χ4n) is 2.31. The van der Waals surface area contributed by atoms with Gasteiger partial charge in [0.15, 0.2) is 0 Å². The third-order valence-electron chi connectivity index (χ3n) is 3.59. The second kappa shape index (κ2) is 7.11. The maximum Gasteiger partial charge on any atom is 0.274 e. The molecule has 0 atom stereocenters. The lowest BCUT2D eigenvalue weighted by molar-refractivity contribution is 0.0779. The van der Waals surface area contributed by atoms with Gasteiger partial charge in [0.1, 0.15) is 5.69 Å². The summed E-state index contributed by atoms with van der Waals surface area (Å²) in [4.78, 5) is 16.1. The first-order valence-electron chi connectivity index (χ1n) is 7.57. The van der Waals surface area contributed by atoms with Crippen molar-refractivity contribution in [1.29, 1.82) is 0 Å². The number of aromatic amines is 1. The molecule has 0 radical (unpaired) electrons. The number of amides is 1. The van der Waals surface area contributed by atoms with E-state index in [0.29, 0.717) is 12.2 Å². The van der Waals surface area contributed by atoms with E-state index >= 15 is 0 Å². The molecule has 22 heavy (non-hydrogen) atoms. The highest BCUT2D eigenvalue weighted by Crippen LogP contribution is 2.14. The first-order chi connectivity index (χ1) is 10.5. The number of anilines is 1. The number of benzene rings is 1. The van der Waals surface area contributed by atoms with Crippen molar-refractivity contribution in [2.24, 2.45) is 0 Å². The first-order valence-corrected chi connectivity index (χ1v) is 7.57. The van der Waals surface area contributed by atoms with Crippen molar-refractivity contribution in [2.75, 3.05) is 26.0 Å². The normalized spacial score (nSPS) is 10.5. The van der Waals surface area contributed by atoms with E-state index in [4.69, 9.17) is 0 Å². The molecule has 1 N–H and O–H groups in total. The molecule has 0 spiro atoms. The van der Waals surface area contributed by atoms with Gasteiger partial charge in [-0.25, -0.2) is 0 Å². The predicted molar refractivity (Wildman–Crippen MR) is 89.1 cm³/mol. The number of carbonyl (C=O) groups is 1. The van der Waals surface area contributed by atoms with Gasteiger partial charge in [-0.3, -0.25) is 9.89 Å². The lowest BCUT2D eigenvalue weighted by atomic mass is 10.2. The Balaban J connectivity index is 2.00. The summed E-state index contributed by atoms with van der Waals surface area (Å²) in [6.07, 6.45) is 1.94. The van der Waals surface area contributed by atoms with Gasteiger partial charge in [0, 0.05) is 39.1 Å². The van der Waals surface area contributed by atoms with Crippen LogP contribution in [0.5, 0.6) is 0 Å². The van der Waals surface area contributed by atoms with E-state index in [1.807, 2.05) is 32.3 Å². The summed E-state index contributed by atoms with van der Waals surface area (Å²) in [5, 5.41) is 7.04. The van der Waals surface area contributed by atoms with Crippen LogP contribution in [0.3, 0.4) is 0 Å². The summed E-state index contributed by atoms with van der Waals surface area (Å²) in [5.41, 5.74) is 3.74. The zero-order valence-corrected chi connectivity index (χ0v) is 13.8. The molecule has 0 bridgehead atoms. The Bertz CT molecular complexity index is 616. The molecule has 1 aromatic carbocycles. The van der Waals surface area contributed by atoms with Gasteiger partial charge in [-0.15, -0.1) is 0 Å². The molecule has 0 aliphatic heterocycles. The maximum absolute atomic E-state index is 12.4. The second-order valence-corrected chi connectivity index (χ2v) is 5.75. The minimum absolute atomic E-state index is 0.0599. The van der Waals surface area contributed by atoms with Gasteiger partial charge in [-0.2, -0.15) is 5.10 Å². The molecule has 2 aromatic rings. The van der Waals surface area contributed by atoms with Crippen LogP contribution in [0.4, 0.5) is 5.69 Å². The zero-order valence-electron chi connectivity index (χ0n) is 13.8. The van der Waals surface area contributed by atoms with Gasteiger partial charge in [-0.1, -0.05) is 25.5 Å². The molecule has 1 aromatic heterocycles. The number of aromatic nitrogens is 2. The molecule has 0 aliphatic carbocycles. The monoisotopic (exact) mass is 300 g/mol. The number of nitrogens with one attached hydrogen (secondary N) is 1. The predicted octanol–water partition coefficient (Wildman–Crippen LogP) is 2.70. The van der Waals surface area contributed by atoms with E-state index in [0.717, 1.165) is 29.8 Å². The Labute approximate surface area is 131 Å². The van der Waals surface area contributed by atoms with Gasteiger partial charge in [-0.05, 0) is 30.2 Å². The van der Waals surface area contributed by atoms with Gasteiger partial charge in [0.05, 0.1) is 0 Å². The van der Waals surface area contributed by atoms with Crippen LogP contribution in [-0.4, -0.2) is 42.1 Å². The van der Waals surface area contributed by atoms with Crippen LogP contribution in [-0.2, 0) is 13.0 Å². The summed E-state index contributed by atoms with van der Waals surface area (Å²) in [7, 11) is 5.82. The highest BCUT2D eigenvalue weighted by Gasteiger charge is 2.15. The number of hydrogen-bond acceptors (Lipinski definition) is 3. The highest BCUT2D eigenvalue weighted by molar-refractivity contribution is 5.92. The number of H-pyrrole nitrogens is 1. The molecule has 0 aliphatic rings. The summed E-state index contributed by atoms with van der Waals surface area (Å²) < 4.78 is 0. The van der Waals surface area contributed by atoms with Gasteiger partial charge in [0.25, 0.3) is 5.91 Å². The molecule has 1 amide bonds. The van der Waals surface area contributed by atoms with Crippen molar-refractivity contribution in [3.63, 3.8) is 0 Å². The van der Waals surface area contributed by atoms with Crippen molar-refractivity contribution in [3.05, 3.63) is 47.3 Å². The Morgan fingerprint density at radius 2 is 1.86 bits per heavy atom. The van der Waals surface area contributed by atoms with Crippen LogP contribution >= 0.6 is 0 Å². The maximum atomic E-state index is 12.4. The largest absolute Gasteiger partial charge is 0.378 e. The SMILES string of the molecule is CCCc1cc(C(=O)N(C)Cc2ccc(N(C)C)cc2)n[nH]1. The number of hydrogen-bond donors (Lipinski definition) is 1. The minimum Gasteiger partial charge on any atom is -0.378 e. The van der Waals surface area contributed by atoms with Crippen LogP contribution in [0.1, 0.15) is 35.1 Å². The lowest BCUT2D eigenvalue weighted by Gasteiger charge is -2.17. The smallest absolute Gasteiger partial charge is 0.274 e. The Morgan fingerprint density at radius 1 is 1.18 bits per heavy atom. The fourth-order valence-corrected chi connectivity index (χ4v) is 2.31. The van der Waals surface area contributed by atoms with Gasteiger partial charge < -0.3 is 9.80 Å². The average Bonchev–Trinajstić information content (AvgIpc) is 2.96. The van der Waals surface area contributed by atoms with Gasteiger partial charge in [0.2, 0.25) is 0 Å². The molecule has 1 heterocycles. The van der Waals surface area contributed by atoms with Crippen molar-refractivity contribution >= 4 is 11.6 Å². The van der Waals surface area contributed by atoms with Crippen molar-refractivity contribution in [2.45, 2.75) is 26.3 Å². The summed E-state index contributed by atoms with van der Waals surface area (Å²) in [6, 6.07) is 10.1. The van der Waals surface area contributed by atoms with Crippen LogP contribution in [0.25, 0.3) is 0 Å². The number of nitrogens with zero attached hydrogens (tertiary/aromatic N) is 3. The van der Waals surface area contributed by atoms with E-state index in [9.17, 15) is 4.79 Å². The summed E-state index contributed by atoms with van der Waals surface area (Å²) in [5.74, 6) is -0.0599. The highest BCUT2D eigenvalue weighted by atomic mass is 16.2. The topological polar surface area (TPSA) is 52.2 Å². The van der Waals surface area contributed by atoms with Crippen LogP contribution in [0, 0.1) is 0 Å². The average molecular weight is 300 g/mol. The van der Waals surface area contributed by atoms with E-state index in [-0.39, 0.29) is 5.91 Å². The van der Waals surface area contributed by atoms with Crippen LogP contribution < -0.4 is 4.90 Å². The van der Waals surface area contributed by atoms with Crippen LogP contribution in [0.2, 0.25) is 0 Å². The second-order valence-electron chi connectivity index (χ2n) is 5.75. The quantitative estimate of drug-likeness (QED) is 0.892. The molecule has 0 unspecified atom stereocenters. The molecule has 2 rings (SSSR count). The van der Waals surface area contributed by atoms with Crippen molar-refractivity contribution in [3.8, 4) is 0 Å². The molecule has 118 valence electrons. The van der Waals surface area contributed by atoms with E-state index in [2.05, 4.69) is 34.2 Å². The number of carbonyl (C=O) groups excluding carboxylic acids is 1. The third-order valence-corrected chi connectivity index (χ3v) is 3.59. The molecule has 5 nitrogen and oxygen atoms in total. The Morgan fingerprint density at radius 3 is 2.45 bits per heavy atom. The Kier molecular flexibility index (Phi) is 5.20. The molecule has 0 saturated heterocycles. The van der Waals surface area contributed by atoms with E-state index in [1.165, 1.54) is 0 Å². The molecular weight excluding hydrogens is 276 g/mol. The fraction of sp³-hybridized carbons (Fsp3) is 0.412. The standard InChI is InChI=1S/C17H24N4O/c1-5-6-14-11-16(19-18-14)17(22)21(4)12-13-7-9-15(10-8-13)20(2)3/h7-11H,5-6,12H2,1-4H3,(H,18,19). The number of rotatable bonds is 6.